The molecule has 1 heterocycles. The van der Waals surface area contributed by atoms with Crippen molar-refractivity contribution in [2.45, 2.75) is 6.92 Å². The van der Waals surface area contributed by atoms with E-state index < -0.39 is 0 Å². The molecule has 0 atom stereocenters. The summed E-state index contributed by atoms with van der Waals surface area (Å²) in [5.74, 6) is 0.0154. The van der Waals surface area contributed by atoms with Gasteiger partial charge in [0.25, 0.3) is 0 Å². The van der Waals surface area contributed by atoms with Crippen LogP contribution in [0.15, 0.2) is 66.9 Å². The summed E-state index contributed by atoms with van der Waals surface area (Å²) in [6, 6.07) is 19.9. The van der Waals surface area contributed by atoms with E-state index in [0.29, 0.717) is 11.3 Å². The van der Waals surface area contributed by atoms with E-state index in [4.69, 9.17) is 0 Å². The van der Waals surface area contributed by atoms with Gasteiger partial charge in [-0.05, 0) is 41.5 Å². The average molecular weight is 273 g/mol. The number of hydrogen-bond donors (Lipinski definition) is 0. The van der Waals surface area contributed by atoms with Crippen molar-refractivity contribution in [1.82, 2.24) is 4.98 Å². The molecule has 3 rings (SSSR count). The largest absolute Gasteiger partial charge is 0.294 e. The lowest BCUT2D eigenvalue weighted by molar-refractivity contribution is -0.111. The molecule has 0 radical (unpaired) electrons. The molecule has 0 bridgehead atoms. The molecule has 0 N–H and O–H groups in total. The Bertz CT molecular complexity index is 814. The van der Waals surface area contributed by atoms with E-state index in [1.54, 1.807) is 13.1 Å². The number of pyridine rings is 1. The minimum absolute atomic E-state index is 0.0154. The van der Waals surface area contributed by atoms with Crippen molar-refractivity contribution in [3.63, 3.8) is 0 Å². The topological polar surface area (TPSA) is 30.0 Å². The van der Waals surface area contributed by atoms with Crippen molar-refractivity contribution >= 4 is 28.2 Å². The molecular weight excluding hydrogens is 258 g/mol. The van der Waals surface area contributed by atoms with Crippen molar-refractivity contribution in [3.8, 4) is 0 Å². The second kappa shape index (κ2) is 5.71. The lowest BCUT2D eigenvalue weighted by Gasteiger charge is -2.06. The summed E-state index contributed by atoms with van der Waals surface area (Å²) < 4.78 is 0. The van der Waals surface area contributed by atoms with Gasteiger partial charge < -0.3 is 0 Å². The van der Waals surface area contributed by atoms with Crippen LogP contribution in [0.2, 0.25) is 0 Å². The summed E-state index contributed by atoms with van der Waals surface area (Å²) >= 11 is 0. The van der Waals surface area contributed by atoms with Crippen molar-refractivity contribution in [2.24, 2.45) is 0 Å². The number of Topliss-reactive ketones (excluding diaryl/α,β-unsaturated/α-hetero) is 1. The first-order chi connectivity index (χ1) is 10.3. The Hall–Kier alpha value is -2.74. The first kappa shape index (κ1) is 13.3. The second-order valence-electron chi connectivity index (χ2n) is 4.90. The fourth-order valence-electron chi connectivity index (χ4n) is 2.41. The van der Waals surface area contributed by atoms with E-state index in [-0.39, 0.29) is 5.78 Å². The second-order valence-corrected chi connectivity index (χ2v) is 4.90. The highest BCUT2D eigenvalue weighted by Crippen LogP contribution is 2.24. The van der Waals surface area contributed by atoms with Crippen LogP contribution >= 0.6 is 0 Å². The number of benzene rings is 2. The van der Waals surface area contributed by atoms with E-state index in [1.165, 1.54) is 0 Å². The maximum atomic E-state index is 12.0. The van der Waals surface area contributed by atoms with Crippen LogP contribution in [0.25, 0.3) is 22.4 Å². The Balaban J connectivity index is 2.19. The Kier molecular flexibility index (Phi) is 3.61. The van der Waals surface area contributed by atoms with Crippen LogP contribution in [0, 0.1) is 0 Å². The van der Waals surface area contributed by atoms with E-state index >= 15 is 0 Å². The highest BCUT2D eigenvalue weighted by molar-refractivity contribution is 6.24. The minimum atomic E-state index is 0.0154. The SMILES string of the molecule is CC(=O)/C(=C/c1cccc2ccccc12)c1ccccn1. The normalized spacial score (nSPS) is 11.6. The Labute approximate surface area is 123 Å². The molecule has 0 aliphatic carbocycles. The van der Waals surface area contributed by atoms with Crippen LogP contribution in [0.5, 0.6) is 0 Å². The molecule has 0 unspecified atom stereocenters. The molecule has 3 aromatic rings. The van der Waals surface area contributed by atoms with E-state index in [2.05, 4.69) is 23.2 Å². The monoisotopic (exact) mass is 273 g/mol. The summed E-state index contributed by atoms with van der Waals surface area (Å²) in [7, 11) is 0. The molecule has 0 spiro atoms. The van der Waals surface area contributed by atoms with Gasteiger partial charge in [-0.2, -0.15) is 0 Å². The number of fused-ring (bicyclic) bond motifs is 1. The van der Waals surface area contributed by atoms with Gasteiger partial charge in [0.05, 0.1) is 5.69 Å². The number of ketones is 1. The van der Waals surface area contributed by atoms with Gasteiger partial charge in [0, 0.05) is 11.8 Å². The number of nitrogens with zero attached hydrogens (tertiary/aromatic N) is 1. The summed E-state index contributed by atoms with van der Waals surface area (Å²) in [4.78, 5) is 16.3. The third kappa shape index (κ3) is 2.75. The average Bonchev–Trinajstić information content (AvgIpc) is 2.53. The van der Waals surface area contributed by atoms with Crippen molar-refractivity contribution < 1.29 is 4.79 Å². The van der Waals surface area contributed by atoms with Crippen LogP contribution in [0.3, 0.4) is 0 Å². The zero-order chi connectivity index (χ0) is 14.7. The van der Waals surface area contributed by atoms with Crippen LogP contribution in [-0.2, 0) is 4.79 Å². The number of hydrogen-bond acceptors (Lipinski definition) is 2. The lowest BCUT2D eigenvalue weighted by Crippen LogP contribution is -1.98. The molecular formula is C19H15NO. The molecule has 0 aliphatic heterocycles. The predicted molar refractivity (Wildman–Crippen MR) is 86.7 cm³/mol. The number of aromatic nitrogens is 1. The third-order valence-corrected chi connectivity index (χ3v) is 3.44. The van der Waals surface area contributed by atoms with Gasteiger partial charge >= 0.3 is 0 Å². The van der Waals surface area contributed by atoms with Crippen molar-refractivity contribution in [3.05, 3.63) is 78.1 Å². The zero-order valence-corrected chi connectivity index (χ0v) is 11.8. The maximum Gasteiger partial charge on any atom is 0.161 e. The quantitative estimate of drug-likeness (QED) is 0.663. The molecule has 102 valence electrons. The van der Waals surface area contributed by atoms with Crippen LogP contribution in [-0.4, -0.2) is 10.8 Å². The molecule has 2 nitrogen and oxygen atoms in total. The molecule has 2 heteroatoms. The first-order valence-corrected chi connectivity index (χ1v) is 6.87. The van der Waals surface area contributed by atoms with E-state index in [1.807, 2.05) is 48.5 Å². The van der Waals surface area contributed by atoms with Gasteiger partial charge in [0.1, 0.15) is 0 Å². The summed E-state index contributed by atoms with van der Waals surface area (Å²) in [5, 5.41) is 2.30. The molecule has 21 heavy (non-hydrogen) atoms. The van der Waals surface area contributed by atoms with Gasteiger partial charge in [-0.15, -0.1) is 0 Å². The smallest absolute Gasteiger partial charge is 0.161 e. The number of rotatable bonds is 3. The van der Waals surface area contributed by atoms with Crippen LogP contribution in [0.4, 0.5) is 0 Å². The lowest BCUT2D eigenvalue weighted by atomic mass is 9.99. The highest BCUT2D eigenvalue weighted by Gasteiger charge is 2.09. The minimum Gasteiger partial charge on any atom is -0.294 e. The molecule has 2 aromatic carbocycles. The summed E-state index contributed by atoms with van der Waals surface area (Å²) in [6.07, 6.45) is 3.63. The fraction of sp³-hybridized carbons (Fsp3) is 0.0526. The highest BCUT2D eigenvalue weighted by atomic mass is 16.1. The zero-order valence-electron chi connectivity index (χ0n) is 11.8. The molecule has 1 aromatic heterocycles. The van der Waals surface area contributed by atoms with Gasteiger partial charge in [-0.3, -0.25) is 9.78 Å². The van der Waals surface area contributed by atoms with E-state index in [0.717, 1.165) is 16.3 Å². The molecule has 0 saturated heterocycles. The Morgan fingerprint density at radius 3 is 2.48 bits per heavy atom. The number of carbonyl (C=O) groups excluding carboxylic acids is 1. The molecule has 0 aliphatic rings. The van der Waals surface area contributed by atoms with Crippen LogP contribution < -0.4 is 0 Å². The van der Waals surface area contributed by atoms with Crippen LogP contribution in [0.1, 0.15) is 18.2 Å². The maximum absolute atomic E-state index is 12.0. The molecule has 0 amide bonds. The first-order valence-electron chi connectivity index (χ1n) is 6.87. The molecule has 0 fully saturated rings. The van der Waals surface area contributed by atoms with Crippen molar-refractivity contribution in [2.75, 3.05) is 0 Å². The number of allylic oxidation sites excluding steroid dienone is 1. The summed E-state index contributed by atoms with van der Waals surface area (Å²) in [6.45, 7) is 1.58. The van der Waals surface area contributed by atoms with E-state index in [9.17, 15) is 4.79 Å². The standard InChI is InChI=1S/C19H15NO/c1-14(21)18(19-11-4-5-12-20-19)13-16-9-6-8-15-7-2-3-10-17(15)16/h2-13H,1H3/b18-13-. The molecule has 0 saturated carbocycles. The predicted octanol–water partition coefficient (Wildman–Crippen LogP) is 4.36. The Morgan fingerprint density at radius 2 is 1.71 bits per heavy atom. The van der Waals surface area contributed by atoms with Gasteiger partial charge in [0.15, 0.2) is 5.78 Å². The summed E-state index contributed by atoms with van der Waals surface area (Å²) in [5.41, 5.74) is 2.37. The van der Waals surface area contributed by atoms with Gasteiger partial charge in [-0.25, -0.2) is 0 Å². The number of carbonyl (C=O) groups is 1. The fourth-order valence-corrected chi connectivity index (χ4v) is 2.41. The van der Waals surface area contributed by atoms with Crippen molar-refractivity contribution in [1.29, 1.82) is 0 Å². The Morgan fingerprint density at radius 1 is 0.952 bits per heavy atom. The van der Waals surface area contributed by atoms with Gasteiger partial charge in [0.2, 0.25) is 0 Å². The third-order valence-electron chi connectivity index (χ3n) is 3.44. The van der Waals surface area contributed by atoms with Gasteiger partial charge in [-0.1, -0.05) is 48.5 Å².